The first kappa shape index (κ1) is 15.6. The van der Waals surface area contributed by atoms with Gasteiger partial charge < -0.3 is 10.1 Å². The van der Waals surface area contributed by atoms with Crippen molar-refractivity contribution in [2.45, 2.75) is 26.2 Å². The van der Waals surface area contributed by atoms with Gasteiger partial charge in [0.1, 0.15) is 5.75 Å². The fourth-order valence-corrected chi connectivity index (χ4v) is 2.69. The van der Waals surface area contributed by atoms with E-state index in [9.17, 15) is 0 Å². The van der Waals surface area contributed by atoms with Crippen LogP contribution in [-0.4, -0.2) is 20.2 Å². The van der Waals surface area contributed by atoms with Gasteiger partial charge >= 0.3 is 0 Å². The molecule has 0 spiro atoms. The van der Waals surface area contributed by atoms with Crippen LogP contribution in [0.3, 0.4) is 0 Å². The Labute approximate surface area is 128 Å². The zero-order chi connectivity index (χ0) is 15.1. The molecule has 0 bridgehead atoms. The first-order chi connectivity index (χ1) is 10.2. The van der Waals surface area contributed by atoms with Crippen LogP contribution in [0.2, 0.25) is 0 Å². The van der Waals surface area contributed by atoms with Crippen LogP contribution in [0.1, 0.15) is 29.5 Å². The largest absolute Gasteiger partial charge is 0.496 e. The maximum atomic E-state index is 5.49. The number of aryl methyl sites for hydroxylation is 1. The summed E-state index contributed by atoms with van der Waals surface area (Å²) in [6.45, 7) is 6.28. The minimum atomic E-state index is 0.459. The molecular weight excluding hydrogens is 258 g/mol. The van der Waals surface area contributed by atoms with E-state index in [1.165, 1.54) is 16.7 Å². The number of para-hydroxylation sites is 1. The molecule has 1 atom stereocenters. The number of likely N-dealkylation sites (N-methyl/N-ethyl adjacent to an activating group) is 1. The van der Waals surface area contributed by atoms with Crippen molar-refractivity contribution in [3.05, 3.63) is 65.2 Å². The summed E-state index contributed by atoms with van der Waals surface area (Å²) >= 11 is 0. The number of rotatable bonds is 7. The summed E-state index contributed by atoms with van der Waals surface area (Å²) in [4.78, 5) is 0. The van der Waals surface area contributed by atoms with Gasteiger partial charge in [-0.15, -0.1) is 0 Å². The Hall–Kier alpha value is -1.80. The topological polar surface area (TPSA) is 21.3 Å². The van der Waals surface area contributed by atoms with Crippen LogP contribution in [0.5, 0.6) is 5.75 Å². The third-order valence-electron chi connectivity index (χ3n) is 3.81. The highest BCUT2D eigenvalue weighted by Gasteiger charge is 2.14. The molecule has 0 aliphatic carbocycles. The van der Waals surface area contributed by atoms with E-state index in [1.54, 1.807) is 7.11 Å². The smallest absolute Gasteiger partial charge is 0.122 e. The zero-order valence-electron chi connectivity index (χ0n) is 13.2. The first-order valence-corrected chi connectivity index (χ1v) is 7.63. The van der Waals surface area contributed by atoms with Gasteiger partial charge in [-0.3, -0.25) is 0 Å². The van der Waals surface area contributed by atoms with Crippen LogP contribution in [0.15, 0.2) is 48.5 Å². The lowest BCUT2D eigenvalue weighted by atomic mass is 9.90. The average Bonchev–Trinajstić information content (AvgIpc) is 2.51. The molecule has 0 aromatic heterocycles. The second kappa shape index (κ2) is 7.84. The van der Waals surface area contributed by atoms with Crippen molar-refractivity contribution < 1.29 is 4.74 Å². The Bertz CT molecular complexity index is 565. The molecule has 2 aromatic carbocycles. The predicted octanol–water partition coefficient (Wildman–Crippen LogP) is 3.94. The Kier molecular flexibility index (Phi) is 5.82. The van der Waals surface area contributed by atoms with Crippen LogP contribution < -0.4 is 10.1 Å². The van der Waals surface area contributed by atoms with Gasteiger partial charge in [0.15, 0.2) is 0 Å². The normalized spacial score (nSPS) is 12.1. The van der Waals surface area contributed by atoms with Crippen LogP contribution in [-0.2, 0) is 6.42 Å². The van der Waals surface area contributed by atoms with E-state index in [1.807, 2.05) is 12.1 Å². The lowest BCUT2D eigenvalue weighted by Crippen LogP contribution is -2.23. The van der Waals surface area contributed by atoms with Crippen molar-refractivity contribution in [3.63, 3.8) is 0 Å². The van der Waals surface area contributed by atoms with Gasteiger partial charge in [-0.1, -0.05) is 55.0 Å². The molecule has 2 nitrogen and oxygen atoms in total. The highest BCUT2D eigenvalue weighted by Crippen LogP contribution is 2.26. The number of nitrogens with one attached hydrogen (secondary N) is 1. The van der Waals surface area contributed by atoms with Crippen molar-refractivity contribution in [2.75, 3.05) is 20.2 Å². The number of hydrogen-bond acceptors (Lipinski definition) is 2. The third kappa shape index (κ3) is 4.33. The molecule has 1 N–H and O–H groups in total. The van der Waals surface area contributed by atoms with E-state index >= 15 is 0 Å². The van der Waals surface area contributed by atoms with Crippen molar-refractivity contribution in [1.29, 1.82) is 0 Å². The SMILES string of the molecule is CCNCC(Cc1ccccc1OC)c1cccc(C)c1. The summed E-state index contributed by atoms with van der Waals surface area (Å²) in [6, 6.07) is 17.1. The second-order valence-corrected chi connectivity index (χ2v) is 5.43. The van der Waals surface area contributed by atoms with Gasteiger partial charge in [-0.05, 0) is 37.1 Å². The molecule has 0 saturated heterocycles. The summed E-state index contributed by atoms with van der Waals surface area (Å²) in [5, 5.41) is 3.48. The average molecular weight is 283 g/mol. The molecule has 2 rings (SSSR count). The molecule has 0 heterocycles. The Morgan fingerprint density at radius 2 is 1.90 bits per heavy atom. The standard InChI is InChI=1S/C19H25NO/c1-4-20-14-18(16-10-7-8-15(2)12-16)13-17-9-5-6-11-19(17)21-3/h5-12,18,20H,4,13-14H2,1-3H3. The molecule has 21 heavy (non-hydrogen) atoms. The van der Waals surface area contributed by atoms with Crippen molar-refractivity contribution in [3.8, 4) is 5.75 Å². The Morgan fingerprint density at radius 1 is 1.10 bits per heavy atom. The fourth-order valence-electron chi connectivity index (χ4n) is 2.69. The van der Waals surface area contributed by atoms with E-state index < -0.39 is 0 Å². The summed E-state index contributed by atoms with van der Waals surface area (Å²) in [6.07, 6.45) is 0.987. The van der Waals surface area contributed by atoms with E-state index in [2.05, 4.69) is 55.6 Å². The van der Waals surface area contributed by atoms with Crippen LogP contribution in [0.25, 0.3) is 0 Å². The summed E-state index contributed by atoms with van der Waals surface area (Å²) in [5.41, 5.74) is 3.97. The molecule has 2 aromatic rings. The number of benzene rings is 2. The third-order valence-corrected chi connectivity index (χ3v) is 3.81. The number of methoxy groups -OCH3 is 1. The predicted molar refractivity (Wildman–Crippen MR) is 89.2 cm³/mol. The molecule has 0 amide bonds. The highest BCUT2D eigenvalue weighted by atomic mass is 16.5. The van der Waals surface area contributed by atoms with Gasteiger partial charge in [0.25, 0.3) is 0 Å². The molecule has 0 saturated carbocycles. The van der Waals surface area contributed by atoms with E-state index in [0.29, 0.717) is 5.92 Å². The van der Waals surface area contributed by atoms with E-state index in [-0.39, 0.29) is 0 Å². The lowest BCUT2D eigenvalue weighted by Gasteiger charge is -2.20. The quantitative estimate of drug-likeness (QED) is 0.831. The zero-order valence-corrected chi connectivity index (χ0v) is 13.2. The van der Waals surface area contributed by atoms with E-state index in [0.717, 1.165) is 25.3 Å². The van der Waals surface area contributed by atoms with Gasteiger partial charge in [0.2, 0.25) is 0 Å². The molecule has 0 fully saturated rings. The Morgan fingerprint density at radius 3 is 2.62 bits per heavy atom. The maximum Gasteiger partial charge on any atom is 0.122 e. The van der Waals surface area contributed by atoms with Gasteiger partial charge in [-0.25, -0.2) is 0 Å². The van der Waals surface area contributed by atoms with Gasteiger partial charge in [0, 0.05) is 12.5 Å². The molecule has 0 aliphatic heterocycles. The number of hydrogen-bond donors (Lipinski definition) is 1. The van der Waals surface area contributed by atoms with Crippen LogP contribution in [0, 0.1) is 6.92 Å². The molecule has 112 valence electrons. The molecule has 0 radical (unpaired) electrons. The monoisotopic (exact) mass is 283 g/mol. The molecule has 0 aliphatic rings. The van der Waals surface area contributed by atoms with Crippen LogP contribution >= 0.6 is 0 Å². The summed E-state index contributed by atoms with van der Waals surface area (Å²) in [5.74, 6) is 1.44. The highest BCUT2D eigenvalue weighted by molar-refractivity contribution is 5.36. The first-order valence-electron chi connectivity index (χ1n) is 7.63. The number of ether oxygens (including phenoxy) is 1. The second-order valence-electron chi connectivity index (χ2n) is 5.43. The lowest BCUT2D eigenvalue weighted by molar-refractivity contribution is 0.407. The van der Waals surface area contributed by atoms with Crippen molar-refractivity contribution in [1.82, 2.24) is 5.32 Å². The van der Waals surface area contributed by atoms with Crippen LogP contribution in [0.4, 0.5) is 0 Å². The molecule has 2 heteroatoms. The molecular formula is C19H25NO. The Balaban J connectivity index is 2.24. The van der Waals surface area contributed by atoms with Crippen molar-refractivity contribution >= 4 is 0 Å². The fraction of sp³-hybridized carbons (Fsp3) is 0.368. The maximum absolute atomic E-state index is 5.49. The summed E-state index contributed by atoms with van der Waals surface area (Å²) in [7, 11) is 1.74. The van der Waals surface area contributed by atoms with Gasteiger partial charge in [-0.2, -0.15) is 0 Å². The van der Waals surface area contributed by atoms with Gasteiger partial charge in [0.05, 0.1) is 7.11 Å². The minimum Gasteiger partial charge on any atom is -0.496 e. The van der Waals surface area contributed by atoms with E-state index in [4.69, 9.17) is 4.74 Å². The molecule has 1 unspecified atom stereocenters. The summed E-state index contributed by atoms with van der Waals surface area (Å²) < 4.78 is 5.49. The minimum absolute atomic E-state index is 0.459. The van der Waals surface area contributed by atoms with Crippen molar-refractivity contribution in [2.24, 2.45) is 0 Å².